The first-order chi connectivity index (χ1) is 6.24. The fourth-order valence-corrected chi connectivity index (χ4v) is 0.976. The molecular formula is C9H14Cl2N2O2. The highest BCUT2D eigenvalue weighted by atomic mass is 35.5. The van der Waals surface area contributed by atoms with E-state index in [4.69, 9.17) is 5.73 Å². The van der Waals surface area contributed by atoms with E-state index in [2.05, 4.69) is 9.72 Å². The van der Waals surface area contributed by atoms with Gasteiger partial charge in [0.2, 0.25) is 0 Å². The minimum Gasteiger partial charge on any atom is -0.469 e. The molecule has 0 amide bonds. The van der Waals surface area contributed by atoms with Crippen molar-refractivity contribution in [3.8, 4) is 0 Å². The van der Waals surface area contributed by atoms with Gasteiger partial charge in [-0.2, -0.15) is 0 Å². The van der Waals surface area contributed by atoms with Crippen molar-refractivity contribution in [2.24, 2.45) is 5.73 Å². The monoisotopic (exact) mass is 252 g/mol. The average molecular weight is 253 g/mol. The smallest absolute Gasteiger partial charge is 0.307 e. The van der Waals surface area contributed by atoms with Crippen LogP contribution in [0.1, 0.15) is 18.0 Å². The highest BCUT2D eigenvalue weighted by molar-refractivity contribution is 5.85. The van der Waals surface area contributed by atoms with Gasteiger partial charge < -0.3 is 10.5 Å². The van der Waals surface area contributed by atoms with Crippen LogP contribution in [0.25, 0.3) is 0 Å². The van der Waals surface area contributed by atoms with Crippen LogP contribution in [0.15, 0.2) is 24.5 Å². The van der Waals surface area contributed by atoms with E-state index in [1.54, 1.807) is 18.5 Å². The summed E-state index contributed by atoms with van der Waals surface area (Å²) in [6.07, 6.45) is 3.49. The molecule has 1 aromatic heterocycles. The van der Waals surface area contributed by atoms with Crippen molar-refractivity contribution >= 4 is 30.8 Å². The second kappa shape index (κ2) is 8.47. The van der Waals surface area contributed by atoms with Gasteiger partial charge in [0, 0.05) is 18.4 Å². The molecule has 2 N–H and O–H groups in total. The van der Waals surface area contributed by atoms with Crippen molar-refractivity contribution in [3.05, 3.63) is 30.1 Å². The molecule has 0 saturated carbocycles. The van der Waals surface area contributed by atoms with Crippen LogP contribution in [0.4, 0.5) is 0 Å². The molecule has 0 aliphatic rings. The summed E-state index contributed by atoms with van der Waals surface area (Å²) >= 11 is 0. The van der Waals surface area contributed by atoms with E-state index < -0.39 is 0 Å². The van der Waals surface area contributed by atoms with Crippen molar-refractivity contribution in [3.63, 3.8) is 0 Å². The summed E-state index contributed by atoms with van der Waals surface area (Å²) in [7, 11) is 1.35. The molecule has 4 nitrogen and oxygen atoms in total. The molecular weight excluding hydrogens is 239 g/mol. The van der Waals surface area contributed by atoms with Crippen molar-refractivity contribution < 1.29 is 9.53 Å². The standard InChI is InChI=1S/C9H12N2O2.2ClH/c1-13-9(12)5-8(10)7-3-2-4-11-6-7;;/h2-4,6,8H,5,10H2,1H3;2*1H/t8-;;/m1../s1. The minimum atomic E-state index is -0.332. The molecule has 0 aliphatic heterocycles. The molecule has 0 unspecified atom stereocenters. The van der Waals surface area contributed by atoms with E-state index in [9.17, 15) is 4.79 Å². The highest BCUT2D eigenvalue weighted by Crippen LogP contribution is 2.12. The summed E-state index contributed by atoms with van der Waals surface area (Å²) in [5, 5.41) is 0. The van der Waals surface area contributed by atoms with Crippen LogP contribution in [-0.2, 0) is 9.53 Å². The van der Waals surface area contributed by atoms with Crippen molar-refractivity contribution in [2.75, 3.05) is 7.11 Å². The summed E-state index contributed by atoms with van der Waals surface area (Å²) in [5.41, 5.74) is 6.57. The third kappa shape index (κ3) is 5.57. The van der Waals surface area contributed by atoms with Gasteiger partial charge in [-0.05, 0) is 11.6 Å². The SMILES string of the molecule is COC(=O)C[C@@H](N)c1cccnc1.Cl.Cl. The predicted octanol–water partition coefficient (Wildman–Crippen LogP) is 1.49. The number of nitrogens with zero attached hydrogens (tertiary/aromatic N) is 1. The first-order valence-electron chi connectivity index (χ1n) is 3.96. The number of hydrogen-bond donors (Lipinski definition) is 1. The third-order valence-electron chi connectivity index (χ3n) is 1.73. The van der Waals surface area contributed by atoms with Crippen molar-refractivity contribution in [1.82, 2.24) is 4.98 Å². The molecule has 1 atom stereocenters. The van der Waals surface area contributed by atoms with Gasteiger partial charge in [0.25, 0.3) is 0 Å². The Hall–Kier alpha value is -0.840. The van der Waals surface area contributed by atoms with Crippen LogP contribution in [0.3, 0.4) is 0 Å². The summed E-state index contributed by atoms with van der Waals surface area (Å²) < 4.78 is 4.50. The molecule has 0 spiro atoms. The lowest BCUT2D eigenvalue weighted by molar-refractivity contribution is -0.141. The van der Waals surface area contributed by atoms with Gasteiger partial charge in [0.1, 0.15) is 0 Å². The molecule has 0 aromatic carbocycles. The number of rotatable bonds is 3. The first-order valence-corrected chi connectivity index (χ1v) is 3.96. The number of carbonyl (C=O) groups excluding carboxylic acids is 1. The van der Waals surface area contributed by atoms with Gasteiger partial charge in [0.05, 0.1) is 13.5 Å². The molecule has 15 heavy (non-hydrogen) atoms. The molecule has 1 heterocycles. The molecule has 0 aliphatic carbocycles. The Balaban J connectivity index is 0. The van der Waals surface area contributed by atoms with Gasteiger partial charge in [-0.25, -0.2) is 0 Å². The fourth-order valence-electron chi connectivity index (χ4n) is 0.976. The number of hydrogen-bond acceptors (Lipinski definition) is 4. The maximum absolute atomic E-state index is 10.9. The fraction of sp³-hybridized carbons (Fsp3) is 0.333. The number of methoxy groups -OCH3 is 1. The molecule has 6 heteroatoms. The number of pyridine rings is 1. The zero-order valence-electron chi connectivity index (χ0n) is 8.25. The average Bonchev–Trinajstić information content (AvgIpc) is 2.19. The second-order valence-corrected chi connectivity index (χ2v) is 2.67. The van der Waals surface area contributed by atoms with Crippen molar-refractivity contribution in [2.45, 2.75) is 12.5 Å². The molecule has 0 radical (unpaired) electrons. The van der Waals surface area contributed by atoms with Gasteiger partial charge in [-0.15, -0.1) is 24.8 Å². The van der Waals surface area contributed by atoms with Gasteiger partial charge in [-0.1, -0.05) is 6.07 Å². The van der Waals surface area contributed by atoms with Gasteiger partial charge in [-0.3, -0.25) is 9.78 Å². The maximum atomic E-state index is 10.9. The summed E-state index contributed by atoms with van der Waals surface area (Å²) in [5.74, 6) is -0.309. The number of nitrogens with two attached hydrogens (primary N) is 1. The van der Waals surface area contributed by atoms with E-state index in [1.807, 2.05) is 6.07 Å². The van der Waals surface area contributed by atoms with Crippen LogP contribution >= 0.6 is 24.8 Å². The molecule has 0 bridgehead atoms. The topological polar surface area (TPSA) is 65.2 Å². The highest BCUT2D eigenvalue weighted by Gasteiger charge is 2.11. The van der Waals surface area contributed by atoms with Gasteiger partial charge in [0.15, 0.2) is 0 Å². The molecule has 0 fully saturated rings. The van der Waals surface area contributed by atoms with E-state index in [1.165, 1.54) is 7.11 Å². The number of esters is 1. The van der Waals surface area contributed by atoms with Crippen molar-refractivity contribution in [1.29, 1.82) is 0 Å². The molecule has 0 saturated heterocycles. The number of aromatic nitrogens is 1. The van der Waals surface area contributed by atoms with E-state index in [0.29, 0.717) is 0 Å². The Morgan fingerprint density at radius 1 is 1.60 bits per heavy atom. The second-order valence-electron chi connectivity index (χ2n) is 2.67. The van der Waals surface area contributed by atoms with Gasteiger partial charge >= 0.3 is 5.97 Å². The van der Waals surface area contributed by atoms with E-state index in [0.717, 1.165) is 5.56 Å². The van der Waals surface area contributed by atoms with E-state index >= 15 is 0 Å². The van der Waals surface area contributed by atoms with Crippen LogP contribution in [0, 0.1) is 0 Å². The Labute approximate surface area is 101 Å². The zero-order valence-corrected chi connectivity index (χ0v) is 9.88. The Morgan fingerprint density at radius 3 is 2.73 bits per heavy atom. The maximum Gasteiger partial charge on any atom is 0.307 e. The lowest BCUT2D eigenvalue weighted by atomic mass is 10.1. The quantitative estimate of drug-likeness (QED) is 0.829. The molecule has 1 rings (SSSR count). The van der Waals surface area contributed by atoms with E-state index in [-0.39, 0.29) is 43.2 Å². The normalized spacial score (nSPS) is 10.5. The summed E-state index contributed by atoms with van der Waals surface area (Å²) in [6, 6.07) is 3.29. The predicted molar refractivity (Wildman–Crippen MR) is 62.3 cm³/mol. The first kappa shape index (κ1) is 16.6. The minimum absolute atomic E-state index is 0. The largest absolute Gasteiger partial charge is 0.469 e. The summed E-state index contributed by atoms with van der Waals surface area (Å²) in [4.78, 5) is 14.8. The summed E-state index contributed by atoms with van der Waals surface area (Å²) in [6.45, 7) is 0. The number of ether oxygens (including phenoxy) is 1. The molecule has 86 valence electrons. The zero-order chi connectivity index (χ0) is 9.68. The Bertz CT molecular complexity index is 283. The lowest BCUT2D eigenvalue weighted by Crippen LogP contribution is -2.16. The molecule has 1 aromatic rings. The van der Waals surface area contributed by atoms with Crippen LogP contribution < -0.4 is 5.73 Å². The third-order valence-corrected chi connectivity index (χ3v) is 1.73. The van der Waals surface area contributed by atoms with Crippen LogP contribution in [0.2, 0.25) is 0 Å². The van der Waals surface area contributed by atoms with Crippen LogP contribution in [-0.4, -0.2) is 18.1 Å². The Morgan fingerprint density at radius 2 is 2.27 bits per heavy atom. The number of halogens is 2. The lowest BCUT2D eigenvalue weighted by Gasteiger charge is -2.08. The number of carbonyl (C=O) groups is 1. The van der Waals surface area contributed by atoms with Crippen LogP contribution in [0.5, 0.6) is 0 Å². The Kier molecular flexibility index (Phi) is 9.36.